The maximum atomic E-state index is 12.8. The Kier molecular flexibility index (Phi) is 4.55. The lowest BCUT2D eigenvalue weighted by Gasteiger charge is -2.11. The molecule has 0 saturated carbocycles. The Morgan fingerprint density at radius 3 is 2.16 bits per heavy atom. The number of carbonyl (C=O) groups excluding carboxylic acids is 3. The predicted octanol–water partition coefficient (Wildman–Crippen LogP) is 0.814. The summed E-state index contributed by atoms with van der Waals surface area (Å²) < 4.78 is 0. The van der Waals surface area contributed by atoms with Gasteiger partial charge < -0.3 is 15.4 Å². The minimum absolute atomic E-state index is 0.00189. The second-order valence-corrected chi connectivity index (χ2v) is 6.50. The van der Waals surface area contributed by atoms with E-state index in [2.05, 4.69) is 10.3 Å². The molecule has 154 valence electrons. The highest BCUT2D eigenvalue weighted by Crippen LogP contribution is 2.27. The Bertz CT molecular complexity index is 1390. The second kappa shape index (κ2) is 7.22. The molecule has 11 nitrogen and oxygen atoms in total. The molecular formula is C20H12N4O7. The first kappa shape index (κ1) is 19.5. The van der Waals surface area contributed by atoms with E-state index in [4.69, 9.17) is 5.11 Å². The van der Waals surface area contributed by atoms with Crippen LogP contribution >= 0.6 is 0 Å². The van der Waals surface area contributed by atoms with Crippen molar-refractivity contribution < 1.29 is 24.3 Å². The van der Waals surface area contributed by atoms with Crippen molar-refractivity contribution in [1.82, 2.24) is 9.97 Å². The van der Waals surface area contributed by atoms with Gasteiger partial charge in [0, 0.05) is 17.4 Å². The van der Waals surface area contributed by atoms with E-state index in [1.54, 1.807) is 0 Å². The van der Waals surface area contributed by atoms with Crippen LogP contribution in [0.5, 0.6) is 0 Å². The molecule has 2 aromatic carbocycles. The number of carboxylic acid groups (broad SMARTS) is 1. The number of aromatic nitrogens is 2. The van der Waals surface area contributed by atoms with Gasteiger partial charge in [-0.1, -0.05) is 0 Å². The summed E-state index contributed by atoms with van der Waals surface area (Å²) in [5.74, 6) is -3.29. The largest absolute Gasteiger partial charge is 0.478 e. The van der Waals surface area contributed by atoms with E-state index in [0.717, 1.165) is 6.20 Å². The third-order valence-electron chi connectivity index (χ3n) is 4.58. The molecule has 4 rings (SSSR count). The maximum absolute atomic E-state index is 12.8. The van der Waals surface area contributed by atoms with Crippen LogP contribution in [-0.4, -0.2) is 38.8 Å². The van der Waals surface area contributed by atoms with Gasteiger partial charge in [-0.3, -0.25) is 24.2 Å². The van der Waals surface area contributed by atoms with E-state index in [-0.39, 0.29) is 27.9 Å². The first-order chi connectivity index (χ1) is 14.8. The number of rotatable bonds is 4. The number of anilines is 2. The van der Waals surface area contributed by atoms with Gasteiger partial charge in [0.25, 0.3) is 23.3 Å². The summed E-state index contributed by atoms with van der Waals surface area (Å²) in [7, 11) is 0. The molecule has 0 radical (unpaired) electrons. The standard InChI is InChI=1S/C20H12N4O7/c25-15(22-11-4-1-9(2-5-11)19(29)30)10-3-6-12-13(7-10)18(28)24(17(12)27)14-8-21-20(31)23-16(14)26/h1-8H,(H,22,25)(H,29,30)(H2,21,23,26,31). The molecule has 3 aromatic rings. The number of amides is 3. The molecule has 0 aliphatic carbocycles. The molecule has 0 atom stereocenters. The molecule has 11 heteroatoms. The number of fused-ring (bicyclic) bond motifs is 1. The van der Waals surface area contributed by atoms with Gasteiger partial charge in [-0.05, 0) is 42.5 Å². The van der Waals surface area contributed by atoms with Crippen LogP contribution < -0.4 is 21.5 Å². The summed E-state index contributed by atoms with van der Waals surface area (Å²) in [6, 6.07) is 9.31. The topological polar surface area (TPSA) is 169 Å². The third kappa shape index (κ3) is 3.40. The van der Waals surface area contributed by atoms with Crippen LogP contribution in [0, 0.1) is 0 Å². The normalized spacial score (nSPS) is 12.6. The Labute approximate surface area is 172 Å². The van der Waals surface area contributed by atoms with Gasteiger partial charge in [0.15, 0.2) is 0 Å². The van der Waals surface area contributed by atoms with Gasteiger partial charge in [0.05, 0.1) is 16.7 Å². The van der Waals surface area contributed by atoms with Crippen molar-refractivity contribution in [3.05, 3.63) is 91.8 Å². The van der Waals surface area contributed by atoms with Crippen molar-refractivity contribution in [2.45, 2.75) is 0 Å². The fourth-order valence-electron chi connectivity index (χ4n) is 3.07. The Hall–Kier alpha value is -4.80. The fourth-order valence-corrected chi connectivity index (χ4v) is 3.07. The zero-order valence-corrected chi connectivity index (χ0v) is 15.5. The van der Waals surface area contributed by atoms with E-state index in [1.165, 1.54) is 42.5 Å². The number of nitrogens with zero attached hydrogens (tertiary/aromatic N) is 1. The number of imide groups is 1. The molecule has 1 aliphatic heterocycles. The van der Waals surface area contributed by atoms with E-state index in [1.807, 2.05) is 4.98 Å². The van der Waals surface area contributed by atoms with E-state index < -0.39 is 34.9 Å². The lowest BCUT2D eigenvalue weighted by Crippen LogP contribution is -2.36. The number of carboxylic acids is 1. The minimum atomic E-state index is -1.11. The van der Waals surface area contributed by atoms with Gasteiger partial charge in [-0.25, -0.2) is 14.5 Å². The highest BCUT2D eigenvalue weighted by atomic mass is 16.4. The summed E-state index contributed by atoms with van der Waals surface area (Å²) in [5, 5.41) is 11.5. The van der Waals surface area contributed by atoms with Crippen molar-refractivity contribution in [1.29, 1.82) is 0 Å². The molecular weight excluding hydrogens is 408 g/mol. The highest BCUT2D eigenvalue weighted by molar-refractivity contribution is 6.34. The number of aromatic carboxylic acids is 1. The van der Waals surface area contributed by atoms with Crippen LogP contribution in [0.25, 0.3) is 0 Å². The molecule has 1 aliphatic rings. The number of aromatic amines is 2. The molecule has 31 heavy (non-hydrogen) atoms. The van der Waals surface area contributed by atoms with E-state index in [0.29, 0.717) is 10.6 Å². The molecule has 0 spiro atoms. The molecule has 0 saturated heterocycles. The van der Waals surface area contributed by atoms with Crippen molar-refractivity contribution in [2.75, 3.05) is 10.2 Å². The number of nitrogens with one attached hydrogen (secondary N) is 3. The minimum Gasteiger partial charge on any atom is -0.478 e. The summed E-state index contributed by atoms with van der Waals surface area (Å²) in [6.07, 6.45) is 0.956. The number of H-pyrrole nitrogens is 2. The summed E-state index contributed by atoms with van der Waals surface area (Å²) >= 11 is 0. The molecule has 1 aromatic heterocycles. The van der Waals surface area contributed by atoms with Gasteiger partial charge in [-0.15, -0.1) is 0 Å². The molecule has 4 N–H and O–H groups in total. The average Bonchev–Trinajstić information content (AvgIpc) is 2.98. The molecule has 3 amide bonds. The molecule has 0 unspecified atom stereocenters. The van der Waals surface area contributed by atoms with Crippen LogP contribution in [0.15, 0.2) is 58.3 Å². The Balaban J connectivity index is 1.62. The molecule has 2 heterocycles. The van der Waals surface area contributed by atoms with E-state index in [9.17, 15) is 28.8 Å². The molecule has 0 bridgehead atoms. The SMILES string of the molecule is O=C(O)c1ccc(NC(=O)c2ccc3c(c2)C(=O)N(c2c[nH]c(=O)[nH]c2=O)C3=O)cc1. The Morgan fingerprint density at radius 2 is 1.52 bits per heavy atom. The van der Waals surface area contributed by atoms with Gasteiger partial charge >= 0.3 is 11.7 Å². The van der Waals surface area contributed by atoms with Crippen LogP contribution in [0.3, 0.4) is 0 Å². The maximum Gasteiger partial charge on any atom is 0.335 e. The lowest BCUT2D eigenvalue weighted by molar-refractivity contribution is 0.0696. The predicted molar refractivity (Wildman–Crippen MR) is 107 cm³/mol. The fraction of sp³-hybridized carbons (Fsp3) is 0. The summed E-state index contributed by atoms with van der Waals surface area (Å²) in [4.78, 5) is 76.7. The highest BCUT2D eigenvalue weighted by Gasteiger charge is 2.38. The third-order valence-corrected chi connectivity index (χ3v) is 4.58. The smallest absolute Gasteiger partial charge is 0.335 e. The average molecular weight is 420 g/mol. The van der Waals surface area contributed by atoms with Crippen LogP contribution in [0.1, 0.15) is 41.4 Å². The van der Waals surface area contributed by atoms with Crippen LogP contribution in [0.4, 0.5) is 11.4 Å². The second-order valence-electron chi connectivity index (χ2n) is 6.50. The summed E-state index contributed by atoms with van der Waals surface area (Å²) in [5.41, 5.74) is -1.68. The zero-order chi connectivity index (χ0) is 22.3. The van der Waals surface area contributed by atoms with Crippen LogP contribution in [0.2, 0.25) is 0 Å². The summed E-state index contributed by atoms with van der Waals surface area (Å²) in [6.45, 7) is 0. The first-order valence-corrected chi connectivity index (χ1v) is 8.76. The number of hydrogen-bond acceptors (Lipinski definition) is 6. The molecule has 0 fully saturated rings. The van der Waals surface area contributed by atoms with Gasteiger partial charge in [-0.2, -0.15) is 0 Å². The Morgan fingerprint density at radius 1 is 0.871 bits per heavy atom. The van der Waals surface area contributed by atoms with Crippen molar-refractivity contribution in [2.24, 2.45) is 0 Å². The quantitative estimate of drug-likeness (QED) is 0.453. The number of hydrogen-bond donors (Lipinski definition) is 4. The van der Waals surface area contributed by atoms with Crippen molar-refractivity contribution in [3.63, 3.8) is 0 Å². The van der Waals surface area contributed by atoms with E-state index >= 15 is 0 Å². The van der Waals surface area contributed by atoms with Crippen molar-refractivity contribution in [3.8, 4) is 0 Å². The first-order valence-electron chi connectivity index (χ1n) is 8.76. The van der Waals surface area contributed by atoms with Crippen LogP contribution in [-0.2, 0) is 0 Å². The van der Waals surface area contributed by atoms with Crippen molar-refractivity contribution >= 4 is 35.1 Å². The van der Waals surface area contributed by atoms with Gasteiger partial charge in [0.2, 0.25) is 0 Å². The number of benzene rings is 2. The zero-order valence-electron chi connectivity index (χ0n) is 15.5. The number of carbonyl (C=O) groups is 4. The lowest BCUT2D eigenvalue weighted by atomic mass is 10.1. The van der Waals surface area contributed by atoms with Gasteiger partial charge in [0.1, 0.15) is 5.69 Å². The monoisotopic (exact) mass is 420 g/mol.